The second-order valence-electron chi connectivity index (χ2n) is 12.3. The smallest absolute Gasteiger partial charge is 0.343 e. The number of hydrogen-bond acceptors (Lipinski definition) is 5. The Kier molecular flexibility index (Phi) is 9.71. The van der Waals surface area contributed by atoms with Crippen molar-refractivity contribution >= 4 is 14.3 Å². The van der Waals surface area contributed by atoms with E-state index in [0.29, 0.717) is 18.3 Å². The van der Waals surface area contributed by atoms with Gasteiger partial charge in [0.25, 0.3) is 0 Å². The highest BCUT2D eigenvalue weighted by Gasteiger charge is 2.49. The third-order valence-electron chi connectivity index (χ3n) is 8.76. The van der Waals surface area contributed by atoms with E-state index in [0.717, 1.165) is 25.0 Å². The van der Waals surface area contributed by atoms with Gasteiger partial charge in [0, 0.05) is 12.3 Å². The van der Waals surface area contributed by atoms with Crippen LogP contribution in [0.3, 0.4) is 0 Å². The average Bonchev–Trinajstić information content (AvgIpc) is 3.16. The quantitative estimate of drug-likeness (QED) is 0.187. The van der Waals surface area contributed by atoms with Gasteiger partial charge >= 0.3 is 5.97 Å². The van der Waals surface area contributed by atoms with E-state index in [-0.39, 0.29) is 35.6 Å². The maximum atomic E-state index is 11.7. The van der Waals surface area contributed by atoms with Gasteiger partial charge in [-0.3, -0.25) is 0 Å². The van der Waals surface area contributed by atoms with Crippen molar-refractivity contribution in [2.75, 3.05) is 13.7 Å². The Bertz CT molecular complexity index is 1030. The highest BCUT2D eigenvalue weighted by Crippen LogP contribution is 2.50. The fourth-order valence-electron chi connectivity index (χ4n) is 5.40. The summed E-state index contributed by atoms with van der Waals surface area (Å²) in [4.78, 5) is 11.7. The Morgan fingerprint density at radius 2 is 2.00 bits per heavy atom. The molecule has 0 spiro atoms. The molecule has 1 N–H and O–H groups in total. The van der Waals surface area contributed by atoms with Crippen LogP contribution in [0, 0.1) is 35.5 Å². The molecule has 1 aromatic carbocycles. The Labute approximate surface area is 225 Å². The molecule has 0 radical (unpaired) electrons. The van der Waals surface area contributed by atoms with Crippen LogP contribution < -0.4 is 4.74 Å². The van der Waals surface area contributed by atoms with Gasteiger partial charge in [-0.05, 0) is 79.3 Å². The zero-order valence-corrected chi connectivity index (χ0v) is 25.0. The van der Waals surface area contributed by atoms with Crippen LogP contribution >= 0.6 is 0 Å². The van der Waals surface area contributed by atoms with Gasteiger partial charge in [0.2, 0.25) is 0 Å². The lowest BCUT2D eigenvalue weighted by Crippen LogP contribution is -2.45. The molecule has 5 nitrogen and oxygen atoms in total. The first-order valence-electron chi connectivity index (χ1n) is 13.6. The fourth-order valence-corrected chi connectivity index (χ4v) is 6.77. The first kappa shape index (κ1) is 29.5. The number of esters is 1. The highest BCUT2D eigenvalue weighted by molar-refractivity contribution is 6.74. The lowest BCUT2D eigenvalue weighted by atomic mass is 9.74. The zero-order valence-electron chi connectivity index (χ0n) is 24.0. The second-order valence-corrected chi connectivity index (χ2v) is 17.1. The van der Waals surface area contributed by atoms with Crippen LogP contribution in [-0.2, 0) is 26.8 Å². The van der Waals surface area contributed by atoms with Gasteiger partial charge in [0.05, 0.1) is 19.3 Å². The molecular formula is C31H46O5Si. The number of rotatable bonds is 9. The zero-order chi connectivity index (χ0) is 27.4. The Hall–Kier alpha value is -2.07. The Morgan fingerprint density at radius 1 is 1.27 bits per heavy atom. The second kappa shape index (κ2) is 12.2. The van der Waals surface area contributed by atoms with E-state index in [1.807, 2.05) is 32.1 Å². The largest absolute Gasteiger partial charge is 0.482 e. The molecule has 1 aromatic rings. The summed E-state index contributed by atoms with van der Waals surface area (Å²) in [7, 11) is -0.607. The maximum Gasteiger partial charge on any atom is 0.343 e. The molecule has 0 heterocycles. The standard InChI is InChI=1S/C31H46O5Si/c1-9-10-12-21(2)27(32)16-15-24-25-17-22-13-11-14-28(35-20-30(33)34-6)26(22)18-23(25)19-29(24)36-37(7,8)31(3,4)5/h11,13-16,21,23-25,27,29,32H,12,17-20H2,1-8H3/b16-15+/t21-,23-,24+,25-,27+,29+/m0/s1. The molecule has 0 unspecified atom stereocenters. The number of benzene rings is 1. The molecule has 6 heteroatoms. The van der Waals surface area contributed by atoms with Crippen molar-refractivity contribution in [3.05, 3.63) is 41.5 Å². The van der Waals surface area contributed by atoms with E-state index in [1.165, 1.54) is 18.2 Å². The van der Waals surface area contributed by atoms with Gasteiger partial charge in [0.15, 0.2) is 14.9 Å². The average molecular weight is 527 g/mol. The summed E-state index contributed by atoms with van der Waals surface area (Å²) in [5.74, 6) is 7.65. The number of aliphatic hydroxyl groups is 1. The lowest BCUT2D eigenvalue weighted by Gasteiger charge is -2.40. The summed E-state index contributed by atoms with van der Waals surface area (Å²) in [5, 5.41) is 11.0. The van der Waals surface area contributed by atoms with Gasteiger partial charge < -0.3 is 19.0 Å². The van der Waals surface area contributed by atoms with Gasteiger partial charge in [0.1, 0.15) is 5.75 Å². The van der Waals surface area contributed by atoms with E-state index in [2.05, 4.69) is 57.8 Å². The monoisotopic (exact) mass is 526 g/mol. The number of carbonyl (C=O) groups excluding carboxylic acids is 1. The summed E-state index contributed by atoms with van der Waals surface area (Å²) in [6.45, 7) is 15.3. The molecule has 1 saturated carbocycles. The van der Waals surface area contributed by atoms with Crippen molar-refractivity contribution in [3.63, 3.8) is 0 Å². The Morgan fingerprint density at radius 3 is 2.65 bits per heavy atom. The molecule has 0 saturated heterocycles. The topological polar surface area (TPSA) is 65.0 Å². The molecule has 204 valence electrons. The van der Waals surface area contributed by atoms with Crippen LogP contribution in [0.1, 0.15) is 58.6 Å². The minimum Gasteiger partial charge on any atom is -0.482 e. The normalized spacial score (nSPS) is 25.0. The van der Waals surface area contributed by atoms with Crippen molar-refractivity contribution in [1.82, 2.24) is 0 Å². The van der Waals surface area contributed by atoms with Gasteiger partial charge in [-0.25, -0.2) is 4.79 Å². The predicted molar refractivity (Wildman–Crippen MR) is 151 cm³/mol. The van der Waals surface area contributed by atoms with Gasteiger partial charge in [-0.2, -0.15) is 0 Å². The summed E-state index contributed by atoms with van der Waals surface area (Å²) in [5.41, 5.74) is 2.48. The number of hydrogen-bond donors (Lipinski definition) is 1. The molecule has 3 rings (SSSR count). The molecule has 0 aromatic heterocycles. The van der Waals surface area contributed by atoms with Crippen molar-refractivity contribution in [2.45, 2.75) is 90.6 Å². The van der Waals surface area contributed by atoms with Crippen LogP contribution in [0.4, 0.5) is 0 Å². The first-order valence-corrected chi connectivity index (χ1v) is 16.5. The van der Waals surface area contributed by atoms with Crippen LogP contribution in [-0.4, -0.2) is 45.3 Å². The Balaban J connectivity index is 1.88. The molecule has 6 atom stereocenters. The number of carbonyl (C=O) groups is 1. The molecule has 37 heavy (non-hydrogen) atoms. The molecule has 0 amide bonds. The van der Waals surface area contributed by atoms with Gasteiger partial charge in [-0.15, -0.1) is 11.8 Å². The first-order chi connectivity index (χ1) is 17.4. The van der Waals surface area contributed by atoms with Crippen LogP contribution in [0.15, 0.2) is 30.4 Å². The van der Waals surface area contributed by atoms with Crippen molar-refractivity contribution in [1.29, 1.82) is 0 Å². The molecule has 2 aliphatic carbocycles. The van der Waals surface area contributed by atoms with E-state index in [9.17, 15) is 9.90 Å². The predicted octanol–water partition coefficient (Wildman–Crippen LogP) is 5.95. The van der Waals surface area contributed by atoms with Crippen molar-refractivity contribution in [2.24, 2.45) is 23.7 Å². The molecule has 0 bridgehead atoms. The van der Waals surface area contributed by atoms with Crippen molar-refractivity contribution < 1.29 is 23.8 Å². The summed E-state index contributed by atoms with van der Waals surface area (Å²) >= 11 is 0. The maximum absolute atomic E-state index is 11.7. The molecule has 0 aliphatic heterocycles. The fraction of sp³-hybridized carbons (Fsp3) is 0.645. The number of ether oxygens (including phenoxy) is 2. The molecule has 1 fully saturated rings. The number of fused-ring (bicyclic) bond motifs is 2. The highest BCUT2D eigenvalue weighted by atomic mass is 28.4. The van der Waals surface area contributed by atoms with E-state index >= 15 is 0 Å². The number of aliphatic hydroxyl groups excluding tert-OH is 1. The summed E-state index contributed by atoms with van der Waals surface area (Å²) in [6, 6.07) is 6.14. The van der Waals surface area contributed by atoms with E-state index in [4.69, 9.17) is 13.9 Å². The third kappa shape index (κ3) is 7.07. The van der Waals surface area contributed by atoms with Crippen LogP contribution in [0.5, 0.6) is 5.75 Å². The SMILES string of the molecule is CC#CC[C@H](C)[C@H](O)/C=C/[C@@H]1[C@H]2Cc3cccc(OCC(=O)OC)c3C[C@H]2C[C@H]1O[Si](C)(C)C(C)(C)C. The molecule has 2 aliphatic rings. The molecular weight excluding hydrogens is 480 g/mol. The summed E-state index contributed by atoms with van der Waals surface area (Å²) < 4.78 is 17.7. The number of methoxy groups -OCH3 is 1. The van der Waals surface area contributed by atoms with Crippen LogP contribution in [0.2, 0.25) is 18.1 Å². The van der Waals surface area contributed by atoms with Gasteiger partial charge in [-0.1, -0.05) is 52.0 Å². The van der Waals surface area contributed by atoms with E-state index in [1.54, 1.807) is 0 Å². The minimum atomic E-state index is -1.98. The lowest BCUT2D eigenvalue weighted by molar-refractivity contribution is -0.142. The van der Waals surface area contributed by atoms with Crippen molar-refractivity contribution in [3.8, 4) is 17.6 Å². The van der Waals surface area contributed by atoms with Crippen LogP contribution in [0.25, 0.3) is 0 Å². The third-order valence-corrected chi connectivity index (χ3v) is 13.3. The van der Waals surface area contributed by atoms with E-state index < -0.39 is 14.4 Å². The minimum absolute atomic E-state index is 0.0813. The summed E-state index contributed by atoms with van der Waals surface area (Å²) in [6.07, 6.45) is 7.35.